The van der Waals surface area contributed by atoms with Crippen LogP contribution in [0.4, 0.5) is 4.39 Å². The van der Waals surface area contributed by atoms with Crippen LogP contribution in [-0.4, -0.2) is 48.4 Å². The highest BCUT2D eigenvalue weighted by molar-refractivity contribution is 5.95. The van der Waals surface area contributed by atoms with E-state index in [-0.39, 0.29) is 5.91 Å². The lowest BCUT2D eigenvalue weighted by atomic mass is 10.1. The van der Waals surface area contributed by atoms with Gasteiger partial charge in [0, 0.05) is 31.7 Å². The summed E-state index contributed by atoms with van der Waals surface area (Å²) in [5, 5.41) is 8.62. The van der Waals surface area contributed by atoms with Gasteiger partial charge in [0.2, 0.25) is 0 Å². The third-order valence-corrected chi connectivity index (χ3v) is 3.38. The molecule has 2 rings (SSSR count). The van der Waals surface area contributed by atoms with Gasteiger partial charge in [0.15, 0.2) is 0 Å². The third kappa shape index (κ3) is 3.09. The predicted molar refractivity (Wildman–Crippen MR) is 69.1 cm³/mol. The Kier molecular flexibility index (Phi) is 4.13. The van der Waals surface area contributed by atoms with E-state index < -0.39 is 5.82 Å². The van der Waals surface area contributed by atoms with E-state index in [1.165, 1.54) is 12.1 Å². The first kappa shape index (κ1) is 13.5. The number of nitriles is 1. The molecule has 0 aromatic heterocycles. The summed E-state index contributed by atoms with van der Waals surface area (Å²) >= 11 is 0. The Morgan fingerprint density at radius 2 is 2.05 bits per heavy atom. The van der Waals surface area contributed by atoms with E-state index in [0.717, 1.165) is 5.56 Å². The second kappa shape index (κ2) is 5.81. The van der Waals surface area contributed by atoms with Crippen LogP contribution in [0.15, 0.2) is 18.2 Å². The fraction of sp³-hybridized carbons (Fsp3) is 0.429. The number of hydrogen-bond donors (Lipinski definition) is 0. The van der Waals surface area contributed by atoms with Crippen LogP contribution in [0, 0.1) is 24.1 Å². The number of halogens is 1. The smallest absolute Gasteiger partial charge is 0.254 e. The molecule has 1 aliphatic rings. The van der Waals surface area contributed by atoms with Crippen molar-refractivity contribution in [1.29, 1.82) is 5.26 Å². The van der Waals surface area contributed by atoms with Crippen molar-refractivity contribution in [3.8, 4) is 6.07 Å². The van der Waals surface area contributed by atoms with Crippen LogP contribution < -0.4 is 0 Å². The Morgan fingerprint density at radius 3 is 2.68 bits per heavy atom. The van der Waals surface area contributed by atoms with Crippen LogP contribution in [0.25, 0.3) is 0 Å². The fourth-order valence-electron chi connectivity index (χ4n) is 2.20. The fourth-order valence-corrected chi connectivity index (χ4v) is 2.20. The van der Waals surface area contributed by atoms with Gasteiger partial charge in [-0.1, -0.05) is 6.07 Å². The number of aryl methyl sites for hydroxylation is 1. The summed E-state index contributed by atoms with van der Waals surface area (Å²) in [7, 11) is 0. The van der Waals surface area contributed by atoms with Gasteiger partial charge in [0.1, 0.15) is 5.82 Å². The zero-order valence-electron chi connectivity index (χ0n) is 10.9. The average Bonchev–Trinajstić information content (AvgIpc) is 2.42. The maximum Gasteiger partial charge on any atom is 0.254 e. The minimum atomic E-state index is -0.392. The minimum Gasteiger partial charge on any atom is -0.336 e. The van der Waals surface area contributed by atoms with Gasteiger partial charge in [0.05, 0.1) is 12.6 Å². The van der Waals surface area contributed by atoms with Gasteiger partial charge in [-0.15, -0.1) is 0 Å². The van der Waals surface area contributed by atoms with E-state index in [2.05, 4.69) is 6.07 Å². The predicted octanol–water partition coefficient (Wildman–Crippen LogP) is 1.42. The molecule has 5 heteroatoms. The van der Waals surface area contributed by atoms with Gasteiger partial charge >= 0.3 is 0 Å². The van der Waals surface area contributed by atoms with Gasteiger partial charge in [-0.25, -0.2) is 4.39 Å². The summed E-state index contributed by atoms with van der Waals surface area (Å²) in [6.07, 6.45) is 0. The summed E-state index contributed by atoms with van der Waals surface area (Å²) < 4.78 is 13.2. The summed E-state index contributed by atoms with van der Waals surface area (Å²) in [4.78, 5) is 16.0. The molecule has 100 valence electrons. The number of rotatable bonds is 2. The molecule has 0 radical (unpaired) electrons. The molecule has 0 atom stereocenters. The zero-order chi connectivity index (χ0) is 13.8. The first-order valence-corrected chi connectivity index (χ1v) is 6.26. The lowest BCUT2D eigenvalue weighted by molar-refractivity contribution is 0.0650. The topological polar surface area (TPSA) is 47.3 Å². The van der Waals surface area contributed by atoms with E-state index in [1.807, 2.05) is 4.90 Å². The summed E-state index contributed by atoms with van der Waals surface area (Å²) in [6.45, 7) is 4.73. The highest BCUT2D eigenvalue weighted by atomic mass is 19.1. The Morgan fingerprint density at radius 1 is 1.37 bits per heavy atom. The molecular formula is C14H16FN3O. The molecule has 1 amide bonds. The van der Waals surface area contributed by atoms with Crippen molar-refractivity contribution in [3.05, 3.63) is 35.1 Å². The molecule has 0 N–H and O–H groups in total. The molecule has 1 aromatic carbocycles. The maximum atomic E-state index is 13.2. The molecule has 0 unspecified atom stereocenters. The van der Waals surface area contributed by atoms with E-state index in [0.29, 0.717) is 38.3 Å². The molecule has 1 aliphatic heterocycles. The summed E-state index contributed by atoms with van der Waals surface area (Å²) in [5.41, 5.74) is 1.21. The molecule has 0 saturated carbocycles. The van der Waals surface area contributed by atoms with Gasteiger partial charge < -0.3 is 4.90 Å². The van der Waals surface area contributed by atoms with E-state index in [1.54, 1.807) is 17.9 Å². The van der Waals surface area contributed by atoms with Crippen molar-refractivity contribution in [3.63, 3.8) is 0 Å². The number of hydrogen-bond acceptors (Lipinski definition) is 3. The molecule has 19 heavy (non-hydrogen) atoms. The summed E-state index contributed by atoms with van der Waals surface area (Å²) in [5.74, 6) is -0.523. The normalized spacial score (nSPS) is 16.2. The van der Waals surface area contributed by atoms with E-state index in [9.17, 15) is 9.18 Å². The number of nitrogens with zero attached hydrogens (tertiary/aromatic N) is 3. The quantitative estimate of drug-likeness (QED) is 0.756. The van der Waals surface area contributed by atoms with Crippen molar-refractivity contribution in [2.24, 2.45) is 0 Å². The zero-order valence-corrected chi connectivity index (χ0v) is 10.9. The SMILES string of the molecule is Cc1ccc(F)cc1C(=O)N1CCN(CC#N)CC1. The first-order chi connectivity index (χ1) is 9.11. The molecule has 4 nitrogen and oxygen atoms in total. The number of amides is 1. The van der Waals surface area contributed by atoms with Crippen LogP contribution >= 0.6 is 0 Å². The van der Waals surface area contributed by atoms with Crippen LogP contribution in [0.3, 0.4) is 0 Å². The van der Waals surface area contributed by atoms with Crippen LogP contribution in [0.5, 0.6) is 0 Å². The van der Waals surface area contributed by atoms with Crippen LogP contribution in [0.2, 0.25) is 0 Å². The van der Waals surface area contributed by atoms with Crippen molar-refractivity contribution in [2.75, 3.05) is 32.7 Å². The molecule has 1 aromatic rings. The Bertz CT molecular complexity index is 516. The molecular weight excluding hydrogens is 245 g/mol. The minimum absolute atomic E-state index is 0.131. The number of carbonyl (C=O) groups excluding carboxylic acids is 1. The molecule has 1 heterocycles. The largest absolute Gasteiger partial charge is 0.336 e. The van der Waals surface area contributed by atoms with Crippen molar-refractivity contribution < 1.29 is 9.18 Å². The summed E-state index contributed by atoms with van der Waals surface area (Å²) in [6, 6.07) is 6.37. The Balaban J connectivity index is 2.05. The first-order valence-electron chi connectivity index (χ1n) is 6.26. The second-order valence-electron chi connectivity index (χ2n) is 4.69. The van der Waals surface area contributed by atoms with Gasteiger partial charge in [-0.3, -0.25) is 9.69 Å². The third-order valence-electron chi connectivity index (χ3n) is 3.38. The molecule has 0 bridgehead atoms. The van der Waals surface area contributed by atoms with Crippen molar-refractivity contribution in [2.45, 2.75) is 6.92 Å². The van der Waals surface area contributed by atoms with Gasteiger partial charge in [-0.2, -0.15) is 5.26 Å². The highest BCUT2D eigenvalue weighted by Crippen LogP contribution is 2.14. The maximum absolute atomic E-state index is 13.2. The number of benzene rings is 1. The van der Waals surface area contributed by atoms with Crippen LogP contribution in [0.1, 0.15) is 15.9 Å². The van der Waals surface area contributed by atoms with Crippen molar-refractivity contribution >= 4 is 5.91 Å². The molecule has 0 aliphatic carbocycles. The Hall–Kier alpha value is -1.93. The van der Waals surface area contributed by atoms with Gasteiger partial charge in [0.25, 0.3) is 5.91 Å². The lowest BCUT2D eigenvalue weighted by Gasteiger charge is -2.33. The standard InChI is InChI=1S/C14H16FN3O/c1-11-2-3-12(15)10-13(11)14(19)18-8-6-17(5-4-16)7-9-18/h2-3,10H,5-9H2,1H3. The van der Waals surface area contributed by atoms with Crippen molar-refractivity contribution in [1.82, 2.24) is 9.80 Å². The number of piperazine rings is 1. The van der Waals surface area contributed by atoms with Gasteiger partial charge in [-0.05, 0) is 24.6 Å². The molecule has 0 spiro atoms. The van der Waals surface area contributed by atoms with E-state index in [4.69, 9.17) is 5.26 Å². The van der Waals surface area contributed by atoms with Crippen LogP contribution in [-0.2, 0) is 0 Å². The number of carbonyl (C=O) groups is 1. The lowest BCUT2D eigenvalue weighted by Crippen LogP contribution is -2.48. The monoisotopic (exact) mass is 261 g/mol. The highest BCUT2D eigenvalue weighted by Gasteiger charge is 2.23. The van der Waals surface area contributed by atoms with E-state index >= 15 is 0 Å². The Labute approximate surface area is 112 Å². The average molecular weight is 261 g/mol. The second-order valence-corrected chi connectivity index (χ2v) is 4.69. The molecule has 1 saturated heterocycles. The molecule has 1 fully saturated rings.